The number of nitrogens with one attached hydrogen (secondary N) is 1. The summed E-state index contributed by atoms with van der Waals surface area (Å²) >= 11 is 5.73. The Bertz CT molecular complexity index is 2350. The molecule has 0 fully saturated rings. The fourth-order valence-corrected chi connectivity index (χ4v) is 12.2. The fraction of sp³-hybridized carbons (Fsp3) is 0.852. The molecular formula is C88H178Br2IN6O22-. The number of methoxy groups -OCH3 is 5. The molecule has 31 heteroatoms. The Morgan fingerprint density at radius 2 is 0.538 bits per heavy atom. The van der Waals surface area contributed by atoms with E-state index in [9.17, 15) is 62.3 Å². The van der Waals surface area contributed by atoms with E-state index in [0.717, 1.165) is 77.0 Å². The number of hydrogen-bond donors (Lipinski definition) is 10. The summed E-state index contributed by atoms with van der Waals surface area (Å²) in [5, 5.41) is 37.3. The average Bonchev–Trinajstić information content (AvgIpc) is 0.954. The summed E-state index contributed by atoms with van der Waals surface area (Å²) in [6, 6.07) is 0. The van der Waals surface area contributed by atoms with E-state index in [2.05, 4.69) is 172 Å². The molecule has 0 aliphatic carbocycles. The van der Waals surface area contributed by atoms with Crippen LogP contribution < -0.4 is 56.4 Å². The van der Waals surface area contributed by atoms with Crippen molar-refractivity contribution in [3.63, 3.8) is 0 Å². The van der Waals surface area contributed by atoms with Crippen molar-refractivity contribution in [3.05, 3.63) is 0 Å². The number of carbonyl (C=O) groups is 13. The number of hydrogen-bond acceptors (Lipinski definition) is 23. The summed E-state index contributed by atoms with van der Waals surface area (Å²) in [7, 11) is 6.94. The van der Waals surface area contributed by atoms with Crippen molar-refractivity contribution >= 4 is 109 Å². The Labute approximate surface area is 752 Å². The van der Waals surface area contributed by atoms with Gasteiger partial charge in [0.05, 0.1) is 60.5 Å². The maximum absolute atomic E-state index is 11.6. The molecule has 714 valence electrons. The molecule has 0 aromatic rings. The van der Waals surface area contributed by atoms with Gasteiger partial charge in [0, 0.05) is 70.6 Å². The van der Waals surface area contributed by atoms with Crippen molar-refractivity contribution in [1.29, 1.82) is 0.594 Å². The number of amides is 1. The Morgan fingerprint density at radius 3 is 0.723 bits per heavy atom. The molecule has 119 heavy (non-hydrogen) atoms. The number of rotatable bonds is 52. The molecule has 0 heterocycles. The Morgan fingerprint density at radius 1 is 0.345 bits per heavy atom. The van der Waals surface area contributed by atoms with Crippen molar-refractivity contribution in [2.75, 3.05) is 90.4 Å². The molecule has 0 aliphatic heterocycles. The number of ketones is 3. The topological polar surface area (TPSA) is 491 Å². The van der Waals surface area contributed by atoms with Crippen LogP contribution in [0.25, 0.3) is 0 Å². The number of carboxylic acid groups (broad SMARTS) is 4. The molecule has 0 aliphatic rings. The van der Waals surface area contributed by atoms with Crippen LogP contribution in [-0.4, -0.2) is 188 Å². The van der Waals surface area contributed by atoms with Crippen LogP contribution in [-0.2, 0) is 86.0 Å². The van der Waals surface area contributed by atoms with Crippen molar-refractivity contribution < 1.29 is 129 Å². The standard InChI is InChI=1S/C13H22BrNO4.2C12H23NO3.2C9H19NO2.2C9H18O2.C8H17NO2.C3H5BrO2.C2H6.CH4I.CH4/c1-9(2)5-10(6-13(18)19)3-4-11(16)8-15-12(17)7-14;2*1-9(2)6-10(7-12(15)16-3)4-5-11(14)8-13;2*1-7(2)4-8(6-10)5-9(11)12-3;2*1-4-8(5-7(2)3)6-9(10)11;1-6(2)3-7(5-9)4-8(10)11;1-6-3(5)2-4;2*1-2;/h9-10H,3-8H2,1-2H3,(H,15,17)(H,18,19);2*9-10H,4-8,13H2,1-3H3;2*7-8H,4-6,10H2,1-3H3;2*7-8H,4-6H2,1-3H3,(H,10,11);6-7H,3-5,9H2,1-2H3,(H,10,11);2H2,1H3;1-2H3;2H,1H3;1H4/q;;;;;;;;;;-1;/t3*10-;4*8-;7-;;;;/m00000000..../s1/i;;;;;;;;;;2D;. The van der Waals surface area contributed by atoms with Crippen LogP contribution in [0.5, 0.6) is 0 Å². The minimum absolute atomic E-state index is 0. The van der Waals surface area contributed by atoms with E-state index in [1.165, 1.54) is 35.5 Å². The number of carboxylic acids is 4. The van der Waals surface area contributed by atoms with Gasteiger partial charge in [-0.05, 0) is 185 Å². The maximum atomic E-state index is 11.6. The SMILES string of the molecule is C.CC.CC(C)C[C@H](CCC(=O)CNC(=O)CBr)CC(=O)O.CC(C)C[C@H](CN)CC(=O)O.CC[C@H](CC(=O)O)CC(C)C.CC[C@H](CC(=O)O)CC(C)C.COC(=O)CBr.COC(=O)C[C@@H](CCC(=O)CN)CC(C)C.COC(=O)C[C@@H](CCC(=O)CN)CC(C)C.COC(=O)C[C@@H](CN)CC(C)C.COC(=O)C[C@@H](CN)CC(C)C.[2H][I-]C. The zero-order valence-electron chi connectivity index (χ0n) is 79.0. The Kier molecular flexibility index (Phi) is 114. The monoisotopic (exact) mass is 1960 g/mol. The average molecular weight is 1960 g/mol. The van der Waals surface area contributed by atoms with Crippen LogP contribution in [0, 0.1) is 94.7 Å². The van der Waals surface area contributed by atoms with E-state index < -0.39 is 23.9 Å². The van der Waals surface area contributed by atoms with Gasteiger partial charge in [0.2, 0.25) is 5.91 Å². The van der Waals surface area contributed by atoms with Gasteiger partial charge in [-0.1, -0.05) is 191 Å². The van der Waals surface area contributed by atoms with E-state index >= 15 is 0 Å². The molecular weight excluding hydrogens is 1780 g/mol. The summed E-state index contributed by atoms with van der Waals surface area (Å²) in [6.45, 7) is 43.6. The number of Topliss-reactive ketones (excluding diaryl/α,β-unsaturated/α-hetero) is 3. The summed E-state index contributed by atoms with van der Waals surface area (Å²) in [5.41, 5.74) is 26.9. The first kappa shape index (κ1) is 137. The van der Waals surface area contributed by atoms with Gasteiger partial charge in [0.1, 0.15) is 16.9 Å². The van der Waals surface area contributed by atoms with Crippen molar-refractivity contribution in [2.45, 2.75) is 300 Å². The molecule has 1 amide bonds. The number of carbonyl (C=O) groups excluding carboxylic acids is 9. The van der Waals surface area contributed by atoms with Crippen LogP contribution >= 0.6 is 31.9 Å². The molecule has 0 rings (SSSR count). The number of alkyl halides is 3. The number of halogens is 3. The summed E-state index contributed by atoms with van der Waals surface area (Å²) < 4.78 is 29.0. The molecule has 0 bridgehead atoms. The minimum atomic E-state index is -0.828. The summed E-state index contributed by atoms with van der Waals surface area (Å²) in [6.07, 6.45) is 15.5. The van der Waals surface area contributed by atoms with Gasteiger partial charge in [0.25, 0.3) is 0 Å². The fourth-order valence-electron chi connectivity index (χ4n) is 11.8. The molecule has 15 N–H and O–H groups in total. The summed E-state index contributed by atoms with van der Waals surface area (Å²) in [5.74, 6) is 2.21. The Hall–Kier alpha value is -4.80. The number of ether oxygens (including phenoxy) is 5. The van der Waals surface area contributed by atoms with Gasteiger partial charge in [-0.25, -0.2) is 0 Å². The zero-order valence-corrected chi connectivity index (χ0v) is 83.4. The molecule has 8 atom stereocenters. The van der Waals surface area contributed by atoms with Crippen LogP contribution in [0.3, 0.4) is 0 Å². The quantitative estimate of drug-likeness (QED) is 0.0117. The first-order valence-electron chi connectivity index (χ1n) is 42.4. The number of esters is 5. The first-order valence-corrected chi connectivity index (χ1v) is 46.4. The summed E-state index contributed by atoms with van der Waals surface area (Å²) in [4.78, 5) is 142. The normalized spacial score (nSPS) is 12.3. The molecule has 0 unspecified atom stereocenters. The zero-order chi connectivity index (χ0) is 95.3. The van der Waals surface area contributed by atoms with Crippen molar-refractivity contribution in [3.8, 4) is 0 Å². The molecule has 0 aromatic heterocycles. The second-order valence-corrected chi connectivity index (χ2v) is 33.4. The van der Waals surface area contributed by atoms with Gasteiger partial charge in [-0.2, -0.15) is 0 Å². The number of nitrogens with two attached hydrogens (primary N) is 5. The van der Waals surface area contributed by atoms with E-state index in [1.54, 1.807) is 0 Å². The van der Waals surface area contributed by atoms with E-state index in [0.29, 0.717) is 143 Å². The van der Waals surface area contributed by atoms with Gasteiger partial charge in [-0.15, -0.1) is 0 Å². The predicted octanol–water partition coefficient (Wildman–Crippen LogP) is 12.6. The Balaban J connectivity index is -0.000000110. The van der Waals surface area contributed by atoms with Gasteiger partial charge < -0.3 is 78.1 Å². The van der Waals surface area contributed by atoms with E-state index in [-0.39, 0.29) is 162 Å². The van der Waals surface area contributed by atoms with Gasteiger partial charge in [0.15, 0.2) is 5.78 Å². The van der Waals surface area contributed by atoms with Crippen LogP contribution in [0.1, 0.15) is 300 Å². The van der Waals surface area contributed by atoms with Crippen molar-refractivity contribution in [2.24, 2.45) is 123 Å². The molecule has 0 saturated carbocycles. The second-order valence-electron chi connectivity index (χ2n) is 32.3. The van der Waals surface area contributed by atoms with Gasteiger partial charge >= 0.3 is 81.6 Å². The molecule has 0 radical (unpaired) electrons. The van der Waals surface area contributed by atoms with Crippen LogP contribution in [0.15, 0.2) is 0 Å². The van der Waals surface area contributed by atoms with Gasteiger partial charge in [-0.3, -0.25) is 62.3 Å². The third kappa shape index (κ3) is 122. The first-order chi connectivity index (χ1) is 55.4. The second kappa shape index (κ2) is 98.6. The molecule has 0 saturated heterocycles. The van der Waals surface area contributed by atoms with Crippen LogP contribution in [0.2, 0.25) is 0 Å². The third-order valence-electron chi connectivity index (χ3n) is 17.1. The molecule has 28 nitrogen and oxygen atoms in total. The van der Waals surface area contributed by atoms with Crippen LogP contribution in [0.4, 0.5) is 0 Å². The molecule has 0 aromatic carbocycles. The van der Waals surface area contributed by atoms with E-state index in [1.807, 2.05) is 32.6 Å². The molecule has 0 spiro atoms. The van der Waals surface area contributed by atoms with E-state index in [4.69, 9.17) is 49.7 Å². The number of aliphatic carboxylic acids is 4. The van der Waals surface area contributed by atoms with Crippen molar-refractivity contribution in [1.82, 2.24) is 5.32 Å². The third-order valence-corrected chi connectivity index (χ3v) is 18.0. The predicted molar refractivity (Wildman–Crippen MR) is 486 cm³/mol.